The quantitative estimate of drug-likeness (QED) is 0.689. The number of amides is 1. The van der Waals surface area contributed by atoms with Gasteiger partial charge in [-0.25, -0.2) is 9.18 Å². The van der Waals surface area contributed by atoms with Crippen LogP contribution in [0.1, 0.15) is 15.9 Å². The molecular formula is C18H16Cl2FNO4. The van der Waals surface area contributed by atoms with E-state index in [1.54, 1.807) is 6.07 Å². The molecule has 0 spiro atoms. The second-order valence-corrected chi connectivity index (χ2v) is 6.33. The van der Waals surface area contributed by atoms with Gasteiger partial charge >= 0.3 is 5.97 Å². The van der Waals surface area contributed by atoms with Crippen LogP contribution >= 0.6 is 23.2 Å². The normalized spacial score (nSPS) is 10.3. The van der Waals surface area contributed by atoms with Gasteiger partial charge in [-0.2, -0.15) is 0 Å². The molecule has 0 saturated carbocycles. The van der Waals surface area contributed by atoms with Gasteiger partial charge in [0.2, 0.25) is 0 Å². The van der Waals surface area contributed by atoms with Gasteiger partial charge in [0, 0.05) is 23.6 Å². The number of ether oxygens (including phenoxy) is 2. The molecule has 0 aliphatic carbocycles. The van der Waals surface area contributed by atoms with Crippen LogP contribution in [-0.2, 0) is 16.1 Å². The summed E-state index contributed by atoms with van der Waals surface area (Å²) in [5.74, 6) is -1.55. The maximum atomic E-state index is 13.7. The van der Waals surface area contributed by atoms with Gasteiger partial charge in [0.15, 0.2) is 18.2 Å². The Labute approximate surface area is 160 Å². The molecule has 2 rings (SSSR count). The Morgan fingerprint density at radius 3 is 2.35 bits per heavy atom. The van der Waals surface area contributed by atoms with Gasteiger partial charge in [0.05, 0.1) is 12.7 Å². The van der Waals surface area contributed by atoms with Gasteiger partial charge in [0.1, 0.15) is 0 Å². The van der Waals surface area contributed by atoms with Crippen molar-refractivity contribution in [1.29, 1.82) is 0 Å². The number of nitrogens with zero attached hydrogens (tertiary/aromatic N) is 1. The second kappa shape index (κ2) is 8.87. The van der Waals surface area contributed by atoms with Crippen LogP contribution in [0.15, 0.2) is 36.4 Å². The van der Waals surface area contributed by atoms with E-state index >= 15 is 0 Å². The minimum absolute atomic E-state index is 0.122. The molecule has 0 aliphatic heterocycles. The standard InChI is InChI=1S/C18H16Cl2FNO4/c1-22(9-11-3-4-16(25-2)15(21)5-11)17(23)10-26-18(24)12-6-13(19)8-14(20)7-12/h3-8H,9-10H2,1-2H3. The third-order valence-corrected chi connectivity index (χ3v) is 3.92. The Morgan fingerprint density at radius 2 is 1.77 bits per heavy atom. The van der Waals surface area contributed by atoms with Crippen LogP contribution in [-0.4, -0.2) is 37.5 Å². The van der Waals surface area contributed by atoms with Gasteiger partial charge in [-0.3, -0.25) is 4.79 Å². The van der Waals surface area contributed by atoms with Crippen molar-refractivity contribution in [3.63, 3.8) is 0 Å². The van der Waals surface area contributed by atoms with E-state index in [0.29, 0.717) is 5.56 Å². The van der Waals surface area contributed by atoms with Crippen molar-refractivity contribution in [3.05, 3.63) is 63.4 Å². The van der Waals surface area contributed by atoms with E-state index in [4.69, 9.17) is 32.7 Å². The van der Waals surface area contributed by atoms with Gasteiger partial charge in [-0.15, -0.1) is 0 Å². The molecule has 26 heavy (non-hydrogen) atoms. The lowest BCUT2D eigenvalue weighted by Crippen LogP contribution is -2.30. The molecule has 0 atom stereocenters. The van der Waals surface area contributed by atoms with Gasteiger partial charge in [-0.1, -0.05) is 29.3 Å². The first-order valence-corrected chi connectivity index (χ1v) is 8.25. The third kappa shape index (κ3) is 5.34. The van der Waals surface area contributed by atoms with Crippen molar-refractivity contribution in [2.75, 3.05) is 20.8 Å². The van der Waals surface area contributed by atoms with Crippen LogP contribution < -0.4 is 4.74 Å². The lowest BCUT2D eigenvalue weighted by atomic mass is 10.2. The summed E-state index contributed by atoms with van der Waals surface area (Å²) in [7, 11) is 2.89. The summed E-state index contributed by atoms with van der Waals surface area (Å²) in [4.78, 5) is 25.4. The number of methoxy groups -OCH3 is 1. The molecule has 0 radical (unpaired) electrons. The minimum Gasteiger partial charge on any atom is -0.494 e. The summed E-state index contributed by atoms with van der Waals surface area (Å²) in [6.07, 6.45) is 0. The Hall–Kier alpha value is -2.31. The molecule has 0 aliphatic rings. The van der Waals surface area contributed by atoms with E-state index < -0.39 is 24.3 Å². The predicted molar refractivity (Wildman–Crippen MR) is 96.2 cm³/mol. The fourth-order valence-corrected chi connectivity index (χ4v) is 2.69. The van der Waals surface area contributed by atoms with Crippen molar-refractivity contribution in [1.82, 2.24) is 4.90 Å². The molecule has 0 N–H and O–H groups in total. The van der Waals surface area contributed by atoms with Crippen LogP contribution in [0.25, 0.3) is 0 Å². The van der Waals surface area contributed by atoms with Crippen molar-refractivity contribution in [2.45, 2.75) is 6.54 Å². The lowest BCUT2D eigenvalue weighted by molar-refractivity contribution is -0.133. The zero-order chi connectivity index (χ0) is 19.3. The number of carbonyl (C=O) groups excluding carboxylic acids is 2. The number of esters is 1. The van der Waals surface area contributed by atoms with E-state index in [0.717, 1.165) is 0 Å². The minimum atomic E-state index is -0.716. The molecule has 0 saturated heterocycles. The van der Waals surface area contributed by atoms with Crippen molar-refractivity contribution < 1.29 is 23.5 Å². The van der Waals surface area contributed by atoms with Crippen LogP contribution in [0, 0.1) is 5.82 Å². The van der Waals surface area contributed by atoms with Crippen LogP contribution in [0.5, 0.6) is 5.75 Å². The molecule has 0 heterocycles. The highest BCUT2D eigenvalue weighted by Crippen LogP contribution is 2.20. The smallest absolute Gasteiger partial charge is 0.338 e. The predicted octanol–water partition coefficient (Wildman–Crippen LogP) is 3.96. The molecule has 8 heteroatoms. The summed E-state index contributed by atoms with van der Waals surface area (Å²) in [6, 6.07) is 8.67. The number of rotatable bonds is 6. The van der Waals surface area contributed by atoms with E-state index in [2.05, 4.69) is 0 Å². The Bertz CT molecular complexity index is 809. The number of hydrogen-bond donors (Lipinski definition) is 0. The van der Waals surface area contributed by atoms with Crippen molar-refractivity contribution in [3.8, 4) is 5.75 Å². The number of likely N-dealkylation sites (N-methyl/N-ethyl adjacent to an activating group) is 1. The van der Waals surface area contributed by atoms with Crippen molar-refractivity contribution in [2.24, 2.45) is 0 Å². The van der Waals surface area contributed by atoms with Crippen molar-refractivity contribution >= 4 is 35.1 Å². The Balaban J connectivity index is 1.92. The van der Waals surface area contributed by atoms with Gasteiger partial charge < -0.3 is 14.4 Å². The Morgan fingerprint density at radius 1 is 1.12 bits per heavy atom. The molecule has 2 aromatic carbocycles. The molecular weight excluding hydrogens is 384 g/mol. The number of carbonyl (C=O) groups is 2. The van der Waals surface area contributed by atoms with E-state index in [9.17, 15) is 14.0 Å². The fraction of sp³-hybridized carbons (Fsp3) is 0.222. The molecule has 0 unspecified atom stereocenters. The molecule has 2 aromatic rings. The molecule has 0 fully saturated rings. The van der Waals surface area contributed by atoms with Gasteiger partial charge in [0.25, 0.3) is 5.91 Å². The molecule has 0 bridgehead atoms. The number of benzene rings is 2. The summed E-state index contributed by atoms with van der Waals surface area (Å²) in [6.45, 7) is -0.307. The first kappa shape index (κ1) is 20.0. The highest BCUT2D eigenvalue weighted by Gasteiger charge is 2.15. The zero-order valence-corrected chi connectivity index (χ0v) is 15.6. The maximum absolute atomic E-state index is 13.7. The number of halogens is 3. The maximum Gasteiger partial charge on any atom is 0.338 e. The van der Waals surface area contributed by atoms with Crippen LogP contribution in [0.3, 0.4) is 0 Å². The average molecular weight is 400 g/mol. The fourth-order valence-electron chi connectivity index (χ4n) is 2.16. The molecule has 5 nitrogen and oxygen atoms in total. The number of hydrogen-bond acceptors (Lipinski definition) is 4. The monoisotopic (exact) mass is 399 g/mol. The topological polar surface area (TPSA) is 55.8 Å². The SMILES string of the molecule is COc1ccc(CN(C)C(=O)COC(=O)c2cc(Cl)cc(Cl)c2)cc1F. The first-order chi connectivity index (χ1) is 12.3. The highest BCUT2D eigenvalue weighted by atomic mass is 35.5. The van der Waals surface area contributed by atoms with Crippen LogP contribution in [0.2, 0.25) is 10.0 Å². The lowest BCUT2D eigenvalue weighted by Gasteiger charge is -2.17. The summed E-state index contributed by atoms with van der Waals surface area (Å²) in [5, 5.41) is 0.573. The highest BCUT2D eigenvalue weighted by molar-refractivity contribution is 6.35. The van der Waals surface area contributed by atoms with Crippen LogP contribution in [0.4, 0.5) is 4.39 Å². The van der Waals surface area contributed by atoms with E-state index in [1.807, 2.05) is 0 Å². The third-order valence-electron chi connectivity index (χ3n) is 3.49. The average Bonchev–Trinajstić information content (AvgIpc) is 2.58. The van der Waals surface area contributed by atoms with E-state index in [-0.39, 0.29) is 27.9 Å². The molecule has 138 valence electrons. The molecule has 1 amide bonds. The Kier molecular flexibility index (Phi) is 6.83. The first-order valence-electron chi connectivity index (χ1n) is 7.49. The van der Waals surface area contributed by atoms with E-state index in [1.165, 1.54) is 49.4 Å². The molecule has 0 aromatic heterocycles. The largest absolute Gasteiger partial charge is 0.494 e. The summed E-state index contributed by atoms with van der Waals surface area (Å²) in [5.41, 5.74) is 0.724. The summed E-state index contributed by atoms with van der Waals surface area (Å²) >= 11 is 11.7. The van der Waals surface area contributed by atoms with Gasteiger partial charge in [-0.05, 0) is 35.9 Å². The second-order valence-electron chi connectivity index (χ2n) is 5.45. The summed E-state index contributed by atoms with van der Waals surface area (Å²) < 4.78 is 23.5. The zero-order valence-electron chi connectivity index (χ0n) is 14.1.